The van der Waals surface area contributed by atoms with Gasteiger partial charge in [0.1, 0.15) is 0 Å². The smallest absolute Gasteiger partial charge is 0.244 e. The molecule has 0 aliphatic carbocycles. The van der Waals surface area contributed by atoms with Crippen LogP contribution in [0.15, 0.2) is 54.6 Å². The average Bonchev–Trinajstić information content (AvgIpc) is 2.52. The molecule has 2 rings (SSSR count). The van der Waals surface area contributed by atoms with Crippen molar-refractivity contribution in [3.63, 3.8) is 0 Å². The van der Waals surface area contributed by atoms with E-state index in [1.54, 1.807) is 18.2 Å². The molecule has 0 aliphatic heterocycles. The van der Waals surface area contributed by atoms with Crippen molar-refractivity contribution >= 4 is 23.6 Å². The molecule has 0 unspecified atom stereocenters. The Morgan fingerprint density at radius 1 is 1.10 bits per heavy atom. The highest BCUT2D eigenvalue weighted by Crippen LogP contribution is 2.10. The predicted octanol–water partition coefficient (Wildman–Crippen LogP) is 3.13. The Morgan fingerprint density at radius 2 is 1.76 bits per heavy atom. The lowest BCUT2D eigenvalue weighted by atomic mass is 10.1. The quantitative estimate of drug-likeness (QED) is 0.834. The van der Waals surface area contributed by atoms with E-state index >= 15 is 0 Å². The summed E-state index contributed by atoms with van der Waals surface area (Å²) in [7, 11) is 0. The number of hydrogen-bond acceptors (Lipinski definition) is 2. The summed E-state index contributed by atoms with van der Waals surface area (Å²) in [6.45, 7) is 0.934. The zero-order valence-corrected chi connectivity index (χ0v) is 12.3. The minimum atomic E-state index is -0.142. The van der Waals surface area contributed by atoms with E-state index in [4.69, 9.17) is 17.3 Å². The number of amides is 1. The Kier molecular flexibility index (Phi) is 5.55. The van der Waals surface area contributed by atoms with E-state index in [-0.39, 0.29) is 5.91 Å². The van der Waals surface area contributed by atoms with Crippen molar-refractivity contribution in [3.05, 3.63) is 76.3 Å². The topological polar surface area (TPSA) is 55.1 Å². The second-order valence-electron chi connectivity index (χ2n) is 4.58. The zero-order valence-electron chi connectivity index (χ0n) is 11.6. The number of halogens is 1. The fourth-order valence-electron chi connectivity index (χ4n) is 1.92. The van der Waals surface area contributed by atoms with Crippen molar-refractivity contribution < 1.29 is 4.79 Å². The molecular weight excluding hydrogens is 284 g/mol. The van der Waals surface area contributed by atoms with Gasteiger partial charge in [0.2, 0.25) is 5.91 Å². The molecule has 0 aromatic heterocycles. The van der Waals surface area contributed by atoms with Crippen LogP contribution in [-0.4, -0.2) is 5.91 Å². The molecule has 0 saturated carbocycles. The molecular formula is C17H17ClN2O. The van der Waals surface area contributed by atoms with Gasteiger partial charge in [-0.25, -0.2) is 0 Å². The van der Waals surface area contributed by atoms with E-state index in [2.05, 4.69) is 5.32 Å². The highest BCUT2D eigenvalue weighted by Gasteiger charge is 2.01. The van der Waals surface area contributed by atoms with Crippen molar-refractivity contribution in [2.24, 2.45) is 5.73 Å². The standard InChI is InChI=1S/C17H17ClN2O/c18-16-8-5-13(6-9-16)7-10-17(21)20-12-15-4-2-1-3-14(15)11-19/h1-10H,11-12,19H2,(H,20,21). The van der Waals surface area contributed by atoms with Crippen LogP contribution >= 0.6 is 11.6 Å². The van der Waals surface area contributed by atoms with Gasteiger partial charge in [0.05, 0.1) is 0 Å². The predicted molar refractivity (Wildman–Crippen MR) is 86.7 cm³/mol. The van der Waals surface area contributed by atoms with Crippen LogP contribution in [0.5, 0.6) is 0 Å². The first-order chi connectivity index (χ1) is 10.2. The SMILES string of the molecule is NCc1ccccc1CNC(=O)C=Cc1ccc(Cl)cc1. The Hall–Kier alpha value is -2.10. The van der Waals surface area contributed by atoms with E-state index in [0.717, 1.165) is 16.7 Å². The third-order valence-electron chi connectivity index (χ3n) is 3.09. The summed E-state index contributed by atoms with van der Waals surface area (Å²) >= 11 is 5.81. The first kappa shape index (κ1) is 15.3. The molecule has 21 heavy (non-hydrogen) atoms. The van der Waals surface area contributed by atoms with Gasteiger partial charge < -0.3 is 11.1 Å². The number of carbonyl (C=O) groups is 1. The van der Waals surface area contributed by atoms with Crippen LogP contribution in [0.25, 0.3) is 6.08 Å². The Morgan fingerprint density at radius 3 is 2.43 bits per heavy atom. The molecule has 0 spiro atoms. The lowest BCUT2D eigenvalue weighted by Crippen LogP contribution is -2.21. The number of rotatable bonds is 5. The van der Waals surface area contributed by atoms with Crippen molar-refractivity contribution in [2.45, 2.75) is 13.1 Å². The maximum Gasteiger partial charge on any atom is 0.244 e. The molecule has 0 fully saturated rings. The molecule has 1 amide bonds. The average molecular weight is 301 g/mol. The zero-order chi connectivity index (χ0) is 15.1. The number of benzene rings is 2. The van der Waals surface area contributed by atoms with E-state index in [1.165, 1.54) is 6.08 Å². The summed E-state index contributed by atoms with van der Waals surface area (Å²) in [6.07, 6.45) is 3.26. The van der Waals surface area contributed by atoms with Crippen LogP contribution in [0.3, 0.4) is 0 Å². The van der Waals surface area contributed by atoms with Gasteiger partial charge in [0.15, 0.2) is 0 Å². The van der Waals surface area contributed by atoms with Crippen LogP contribution in [0.4, 0.5) is 0 Å². The van der Waals surface area contributed by atoms with Crippen molar-refractivity contribution in [1.82, 2.24) is 5.32 Å². The maximum atomic E-state index is 11.8. The number of hydrogen-bond donors (Lipinski definition) is 2. The normalized spacial score (nSPS) is 10.8. The second-order valence-corrected chi connectivity index (χ2v) is 5.01. The summed E-state index contributed by atoms with van der Waals surface area (Å²) in [5.74, 6) is -0.142. The van der Waals surface area contributed by atoms with Gasteiger partial charge in [-0.3, -0.25) is 4.79 Å². The summed E-state index contributed by atoms with van der Waals surface area (Å²) in [5.41, 5.74) is 8.67. The molecule has 3 nitrogen and oxygen atoms in total. The molecule has 0 saturated heterocycles. The van der Waals surface area contributed by atoms with Gasteiger partial charge in [-0.2, -0.15) is 0 Å². The number of nitrogens with two attached hydrogens (primary N) is 1. The van der Waals surface area contributed by atoms with Crippen LogP contribution in [0.1, 0.15) is 16.7 Å². The molecule has 0 radical (unpaired) electrons. The largest absolute Gasteiger partial charge is 0.348 e. The van der Waals surface area contributed by atoms with Crippen molar-refractivity contribution in [2.75, 3.05) is 0 Å². The Labute approximate surface area is 129 Å². The van der Waals surface area contributed by atoms with Crippen LogP contribution in [-0.2, 0) is 17.9 Å². The summed E-state index contributed by atoms with van der Waals surface area (Å²) in [6, 6.07) is 15.1. The highest BCUT2D eigenvalue weighted by molar-refractivity contribution is 6.30. The lowest BCUT2D eigenvalue weighted by molar-refractivity contribution is -0.116. The van der Waals surface area contributed by atoms with E-state index < -0.39 is 0 Å². The minimum Gasteiger partial charge on any atom is -0.348 e. The highest BCUT2D eigenvalue weighted by atomic mass is 35.5. The number of nitrogens with one attached hydrogen (secondary N) is 1. The Balaban J connectivity index is 1.91. The summed E-state index contributed by atoms with van der Waals surface area (Å²) in [4.78, 5) is 11.8. The molecule has 108 valence electrons. The van der Waals surface area contributed by atoms with Gasteiger partial charge in [0, 0.05) is 24.2 Å². The van der Waals surface area contributed by atoms with E-state index in [0.29, 0.717) is 18.1 Å². The first-order valence-electron chi connectivity index (χ1n) is 6.67. The van der Waals surface area contributed by atoms with Crippen molar-refractivity contribution in [1.29, 1.82) is 0 Å². The third kappa shape index (κ3) is 4.74. The van der Waals surface area contributed by atoms with Gasteiger partial charge >= 0.3 is 0 Å². The van der Waals surface area contributed by atoms with Gasteiger partial charge in [-0.1, -0.05) is 48.0 Å². The maximum absolute atomic E-state index is 11.8. The lowest BCUT2D eigenvalue weighted by Gasteiger charge is -2.07. The fraction of sp³-hybridized carbons (Fsp3) is 0.118. The van der Waals surface area contributed by atoms with Gasteiger partial charge in [-0.15, -0.1) is 0 Å². The van der Waals surface area contributed by atoms with Gasteiger partial charge in [0.25, 0.3) is 0 Å². The van der Waals surface area contributed by atoms with Gasteiger partial charge in [-0.05, 0) is 34.9 Å². The first-order valence-corrected chi connectivity index (χ1v) is 7.05. The van der Waals surface area contributed by atoms with E-state index in [1.807, 2.05) is 36.4 Å². The Bertz CT molecular complexity index is 635. The summed E-state index contributed by atoms with van der Waals surface area (Å²) < 4.78 is 0. The molecule has 0 aliphatic rings. The number of carbonyl (C=O) groups excluding carboxylic acids is 1. The molecule has 3 N–H and O–H groups in total. The second kappa shape index (κ2) is 7.62. The summed E-state index contributed by atoms with van der Waals surface area (Å²) in [5, 5.41) is 3.52. The minimum absolute atomic E-state index is 0.142. The monoisotopic (exact) mass is 300 g/mol. The molecule has 0 atom stereocenters. The molecule has 0 heterocycles. The molecule has 4 heteroatoms. The molecule has 2 aromatic rings. The third-order valence-corrected chi connectivity index (χ3v) is 3.34. The van der Waals surface area contributed by atoms with Crippen LogP contribution in [0, 0.1) is 0 Å². The van der Waals surface area contributed by atoms with Crippen molar-refractivity contribution in [3.8, 4) is 0 Å². The molecule has 2 aromatic carbocycles. The fourth-order valence-corrected chi connectivity index (χ4v) is 2.04. The van der Waals surface area contributed by atoms with Crippen LogP contribution in [0.2, 0.25) is 5.02 Å². The van der Waals surface area contributed by atoms with E-state index in [9.17, 15) is 4.79 Å². The molecule has 0 bridgehead atoms. The van der Waals surface area contributed by atoms with Crippen LogP contribution < -0.4 is 11.1 Å².